The number of carbonyl (C=O) groups is 1. The minimum atomic E-state index is -0.499. The van der Waals surface area contributed by atoms with Gasteiger partial charge in [-0.2, -0.15) is 0 Å². The summed E-state index contributed by atoms with van der Waals surface area (Å²) >= 11 is 1.59. The first-order chi connectivity index (χ1) is 8.99. The molecule has 0 radical (unpaired) electrons. The van der Waals surface area contributed by atoms with Crippen LogP contribution in [0.2, 0.25) is 0 Å². The normalized spacial score (nSPS) is 13.9. The Labute approximate surface area is 119 Å². The lowest BCUT2D eigenvalue weighted by molar-refractivity contribution is -0.120. The molecule has 1 amide bonds. The smallest absolute Gasteiger partial charge is 0.230 e. The molecule has 1 unspecified atom stereocenters. The maximum Gasteiger partial charge on any atom is 0.230 e. The van der Waals surface area contributed by atoms with Crippen LogP contribution in [-0.2, 0) is 10.5 Å². The summed E-state index contributed by atoms with van der Waals surface area (Å²) in [4.78, 5) is 11.8. The first kappa shape index (κ1) is 16.1. The quantitative estimate of drug-likeness (QED) is 0.807. The molecule has 0 saturated heterocycles. The van der Waals surface area contributed by atoms with Crippen LogP contribution in [0.1, 0.15) is 31.4 Å². The molecular formula is C15H23NO2S. The van der Waals surface area contributed by atoms with Gasteiger partial charge in [-0.25, -0.2) is 0 Å². The summed E-state index contributed by atoms with van der Waals surface area (Å²) in [6.45, 7) is 5.84. The molecule has 1 aromatic carbocycles. The highest BCUT2D eigenvalue weighted by Gasteiger charge is 2.22. The summed E-state index contributed by atoms with van der Waals surface area (Å²) in [5.74, 6) is 1.23. The molecule has 106 valence electrons. The van der Waals surface area contributed by atoms with Crippen molar-refractivity contribution in [3.8, 4) is 0 Å². The van der Waals surface area contributed by atoms with Crippen LogP contribution < -0.4 is 5.32 Å². The largest absolute Gasteiger partial charge is 0.394 e. The number of hydrogen-bond acceptors (Lipinski definition) is 3. The lowest BCUT2D eigenvalue weighted by Gasteiger charge is -2.27. The number of aliphatic hydroxyl groups excluding tert-OH is 1. The highest BCUT2D eigenvalue weighted by Crippen LogP contribution is 2.14. The van der Waals surface area contributed by atoms with Gasteiger partial charge in [-0.15, -0.1) is 11.8 Å². The van der Waals surface area contributed by atoms with Crippen LogP contribution >= 0.6 is 11.8 Å². The molecule has 0 fully saturated rings. The number of aliphatic hydroxyl groups is 1. The molecule has 0 aliphatic carbocycles. The number of rotatable bonds is 7. The Morgan fingerprint density at radius 2 is 2.00 bits per heavy atom. The van der Waals surface area contributed by atoms with Crippen molar-refractivity contribution in [2.45, 2.75) is 38.5 Å². The molecule has 0 aliphatic rings. The Kier molecular flexibility index (Phi) is 6.38. The molecule has 3 nitrogen and oxygen atoms in total. The van der Waals surface area contributed by atoms with Crippen molar-refractivity contribution >= 4 is 17.7 Å². The maximum absolute atomic E-state index is 11.8. The molecule has 0 aliphatic heterocycles. The lowest BCUT2D eigenvalue weighted by atomic mass is 10.0. The van der Waals surface area contributed by atoms with Crippen LogP contribution in [0.15, 0.2) is 24.3 Å². The van der Waals surface area contributed by atoms with Gasteiger partial charge in [-0.05, 0) is 25.8 Å². The summed E-state index contributed by atoms with van der Waals surface area (Å²) in [6, 6.07) is 8.33. The Morgan fingerprint density at radius 1 is 1.37 bits per heavy atom. The third-order valence-electron chi connectivity index (χ3n) is 3.19. The first-order valence-electron chi connectivity index (χ1n) is 6.54. The number of nitrogens with one attached hydrogen (secondary N) is 1. The second-order valence-corrected chi connectivity index (χ2v) is 6.08. The lowest BCUT2D eigenvalue weighted by Crippen LogP contribution is -2.49. The van der Waals surface area contributed by atoms with E-state index in [2.05, 4.69) is 36.5 Å². The summed E-state index contributed by atoms with van der Waals surface area (Å²) in [6.07, 6.45) is 0.720. The first-order valence-corrected chi connectivity index (χ1v) is 7.70. The van der Waals surface area contributed by atoms with Crippen molar-refractivity contribution in [2.75, 3.05) is 12.4 Å². The molecule has 4 heteroatoms. The molecule has 2 N–H and O–H groups in total. The molecule has 0 saturated carbocycles. The van der Waals surface area contributed by atoms with Crippen molar-refractivity contribution in [1.29, 1.82) is 0 Å². The second kappa shape index (κ2) is 7.56. The predicted octanol–water partition coefficient (Wildman–Crippen LogP) is 2.51. The van der Waals surface area contributed by atoms with E-state index in [9.17, 15) is 9.90 Å². The summed E-state index contributed by atoms with van der Waals surface area (Å²) < 4.78 is 0. The van der Waals surface area contributed by atoms with Crippen LogP contribution in [0.5, 0.6) is 0 Å². The molecule has 0 bridgehead atoms. The van der Waals surface area contributed by atoms with E-state index in [0.29, 0.717) is 5.75 Å². The Balaban J connectivity index is 2.33. The molecule has 1 aromatic rings. The molecule has 19 heavy (non-hydrogen) atoms. The molecule has 0 heterocycles. The van der Waals surface area contributed by atoms with Gasteiger partial charge >= 0.3 is 0 Å². The van der Waals surface area contributed by atoms with Crippen molar-refractivity contribution in [3.63, 3.8) is 0 Å². The monoisotopic (exact) mass is 281 g/mol. The minimum absolute atomic E-state index is 0.0180. The van der Waals surface area contributed by atoms with Gasteiger partial charge in [0.25, 0.3) is 0 Å². The number of carbonyl (C=O) groups excluding carboxylic acids is 1. The van der Waals surface area contributed by atoms with E-state index < -0.39 is 5.54 Å². The van der Waals surface area contributed by atoms with Gasteiger partial charge < -0.3 is 10.4 Å². The van der Waals surface area contributed by atoms with Crippen molar-refractivity contribution in [2.24, 2.45) is 0 Å². The van der Waals surface area contributed by atoms with Gasteiger partial charge in [0.05, 0.1) is 17.9 Å². The average molecular weight is 281 g/mol. The van der Waals surface area contributed by atoms with Crippen molar-refractivity contribution < 1.29 is 9.90 Å². The number of aryl methyl sites for hydroxylation is 1. The number of hydrogen-bond donors (Lipinski definition) is 2. The zero-order valence-electron chi connectivity index (χ0n) is 11.9. The summed E-state index contributed by atoms with van der Waals surface area (Å²) in [5.41, 5.74) is 1.97. The van der Waals surface area contributed by atoms with Crippen molar-refractivity contribution in [1.82, 2.24) is 5.32 Å². The fraction of sp³-hybridized carbons (Fsp3) is 0.533. The van der Waals surface area contributed by atoms with Crippen LogP contribution in [-0.4, -0.2) is 28.9 Å². The van der Waals surface area contributed by atoms with Gasteiger partial charge in [-0.1, -0.05) is 36.8 Å². The predicted molar refractivity (Wildman–Crippen MR) is 81.3 cm³/mol. The van der Waals surface area contributed by atoms with Crippen molar-refractivity contribution in [3.05, 3.63) is 35.4 Å². The fourth-order valence-electron chi connectivity index (χ4n) is 1.56. The minimum Gasteiger partial charge on any atom is -0.394 e. The van der Waals surface area contributed by atoms with E-state index in [1.54, 1.807) is 11.8 Å². The Bertz CT molecular complexity index is 399. The fourth-order valence-corrected chi connectivity index (χ4v) is 2.35. The SMILES string of the molecule is CCC(C)(CO)NC(=O)CSCc1ccc(C)cc1. The average Bonchev–Trinajstić information content (AvgIpc) is 2.41. The molecular weight excluding hydrogens is 258 g/mol. The highest BCUT2D eigenvalue weighted by molar-refractivity contribution is 7.99. The van der Waals surface area contributed by atoms with Gasteiger partial charge in [0.15, 0.2) is 0 Å². The molecule has 1 atom stereocenters. The highest BCUT2D eigenvalue weighted by atomic mass is 32.2. The van der Waals surface area contributed by atoms with E-state index in [0.717, 1.165) is 12.2 Å². The van der Waals surface area contributed by atoms with Gasteiger partial charge in [0.2, 0.25) is 5.91 Å². The van der Waals surface area contributed by atoms with Gasteiger partial charge in [0, 0.05) is 5.75 Å². The van der Waals surface area contributed by atoms with E-state index in [4.69, 9.17) is 0 Å². The third kappa shape index (κ3) is 5.66. The zero-order valence-corrected chi connectivity index (χ0v) is 12.7. The Hall–Kier alpha value is -1.00. The number of benzene rings is 1. The van der Waals surface area contributed by atoms with E-state index >= 15 is 0 Å². The van der Waals surface area contributed by atoms with Crippen LogP contribution in [0.25, 0.3) is 0 Å². The summed E-state index contributed by atoms with van der Waals surface area (Å²) in [5, 5.41) is 12.1. The topological polar surface area (TPSA) is 49.3 Å². The standard InChI is InChI=1S/C15H23NO2S/c1-4-15(3,11-17)16-14(18)10-19-9-13-7-5-12(2)6-8-13/h5-8,17H,4,9-11H2,1-3H3,(H,16,18). The van der Waals surface area contributed by atoms with Crippen LogP contribution in [0.3, 0.4) is 0 Å². The second-order valence-electron chi connectivity index (χ2n) is 5.10. The van der Waals surface area contributed by atoms with E-state index in [1.165, 1.54) is 11.1 Å². The Morgan fingerprint density at radius 3 is 2.53 bits per heavy atom. The van der Waals surface area contributed by atoms with E-state index in [-0.39, 0.29) is 12.5 Å². The number of thioether (sulfide) groups is 1. The maximum atomic E-state index is 11.8. The molecule has 0 spiro atoms. The molecule has 1 rings (SSSR count). The van der Waals surface area contributed by atoms with Crippen LogP contribution in [0.4, 0.5) is 0 Å². The summed E-state index contributed by atoms with van der Waals surface area (Å²) in [7, 11) is 0. The zero-order chi connectivity index (χ0) is 14.3. The van der Waals surface area contributed by atoms with Gasteiger partial charge in [-0.3, -0.25) is 4.79 Å². The number of amides is 1. The third-order valence-corrected chi connectivity index (χ3v) is 4.20. The van der Waals surface area contributed by atoms with E-state index in [1.807, 2.05) is 13.8 Å². The molecule has 0 aromatic heterocycles. The van der Waals surface area contributed by atoms with Gasteiger partial charge in [0.1, 0.15) is 0 Å². The van der Waals surface area contributed by atoms with Crippen LogP contribution in [0, 0.1) is 6.92 Å².